The van der Waals surface area contributed by atoms with Crippen molar-refractivity contribution in [3.05, 3.63) is 35.9 Å². The average molecular weight is 516 g/mol. The number of halogens is 1. The summed E-state index contributed by atoms with van der Waals surface area (Å²) in [6, 6.07) is 11.1. The Kier molecular flexibility index (Phi) is 13.6. The third kappa shape index (κ3) is 10.6. The van der Waals surface area contributed by atoms with Crippen LogP contribution < -0.4 is 10.6 Å². The summed E-state index contributed by atoms with van der Waals surface area (Å²) >= 11 is 0. The lowest BCUT2D eigenvalue weighted by Crippen LogP contribution is -2.47. The first kappa shape index (κ1) is 26.2. The number of rotatable bonds is 10. The van der Waals surface area contributed by atoms with Crippen LogP contribution in [0.4, 0.5) is 0 Å². The molecule has 0 spiro atoms. The first-order valence-electron chi connectivity index (χ1n) is 11.1. The molecule has 0 aliphatic carbocycles. The van der Waals surface area contributed by atoms with Gasteiger partial charge in [0.05, 0.1) is 0 Å². The maximum Gasteiger partial charge on any atom is 0.191 e. The Morgan fingerprint density at radius 2 is 1.69 bits per heavy atom. The molecule has 2 atom stereocenters. The van der Waals surface area contributed by atoms with Crippen molar-refractivity contribution < 1.29 is 0 Å². The monoisotopic (exact) mass is 515 g/mol. The number of nitrogens with one attached hydrogen (secondary N) is 2. The van der Waals surface area contributed by atoms with Gasteiger partial charge in [0, 0.05) is 51.9 Å². The highest BCUT2D eigenvalue weighted by atomic mass is 127. The van der Waals surface area contributed by atoms with Gasteiger partial charge in [0.15, 0.2) is 5.96 Å². The van der Waals surface area contributed by atoms with Crippen LogP contribution in [0.3, 0.4) is 0 Å². The Labute approximate surface area is 195 Å². The zero-order valence-corrected chi connectivity index (χ0v) is 21.2. The van der Waals surface area contributed by atoms with Gasteiger partial charge in [-0.05, 0) is 44.7 Å². The number of hydrogen-bond acceptors (Lipinski definition) is 3. The predicted molar refractivity (Wildman–Crippen MR) is 136 cm³/mol. The van der Waals surface area contributed by atoms with Gasteiger partial charge < -0.3 is 20.4 Å². The van der Waals surface area contributed by atoms with Gasteiger partial charge in [-0.15, -0.1) is 24.0 Å². The highest BCUT2D eigenvalue weighted by Crippen LogP contribution is 2.07. The summed E-state index contributed by atoms with van der Waals surface area (Å²) in [6.45, 7) is 17.8. The standard InChI is InChI=1S/C23H41N5.HI/c1-5-24-23(26-21(4)12-13-22-10-8-7-9-11-22)25-18-20(3)19-28-16-14-27(6-2)15-17-28;/h7-11,20-21H,5-6,12-19H2,1-4H3,(H2,24,25,26);1H. The molecule has 0 bridgehead atoms. The zero-order valence-electron chi connectivity index (χ0n) is 18.9. The lowest BCUT2D eigenvalue weighted by molar-refractivity contribution is 0.125. The molecule has 29 heavy (non-hydrogen) atoms. The van der Waals surface area contributed by atoms with Crippen molar-refractivity contribution in [2.45, 2.75) is 46.6 Å². The van der Waals surface area contributed by atoms with Crippen molar-refractivity contribution in [2.24, 2.45) is 10.9 Å². The summed E-state index contributed by atoms with van der Waals surface area (Å²) in [6.07, 6.45) is 2.19. The van der Waals surface area contributed by atoms with Crippen molar-refractivity contribution in [1.82, 2.24) is 20.4 Å². The molecule has 0 saturated carbocycles. The summed E-state index contributed by atoms with van der Waals surface area (Å²) in [5.41, 5.74) is 1.40. The minimum Gasteiger partial charge on any atom is -0.357 e. The van der Waals surface area contributed by atoms with E-state index in [4.69, 9.17) is 4.99 Å². The van der Waals surface area contributed by atoms with Crippen LogP contribution in [0.25, 0.3) is 0 Å². The van der Waals surface area contributed by atoms with Gasteiger partial charge in [0.1, 0.15) is 0 Å². The Morgan fingerprint density at radius 1 is 1.03 bits per heavy atom. The van der Waals surface area contributed by atoms with E-state index in [9.17, 15) is 0 Å². The molecule has 1 aromatic carbocycles. The van der Waals surface area contributed by atoms with Gasteiger partial charge in [0.2, 0.25) is 0 Å². The summed E-state index contributed by atoms with van der Waals surface area (Å²) in [7, 11) is 0. The number of aryl methyl sites for hydroxylation is 1. The first-order valence-corrected chi connectivity index (χ1v) is 11.1. The Hall–Kier alpha value is -0.860. The van der Waals surface area contributed by atoms with Crippen LogP contribution in [0.5, 0.6) is 0 Å². The Bertz CT molecular complexity index is 558. The van der Waals surface area contributed by atoms with E-state index in [2.05, 4.69) is 78.5 Å². The fraction of sp³-hybridized carbons (Fsp3) is 0.696. The zero-order chi connectivity index (χ0) is 20.2. The van der Waals surface area contributed by atoms with Crippen molar-refractivity contribution in [2.75, 3.05) is 52.4 Å². The average Bonchev–Trinajstić information content (AvgIpc) is 2.72. The van der Waals surface area contributed by atoms with Gasteiger partial charge in [0.25, 0.3) is 0 Å². The van der Waals surface area contributed by atoms with Crippen molar-refractivity contribution in [1.29, 1.82) is 0 Å². The molecule has 166 valence electrons. The van der Waals surface area contributed by atoms with Crippen molar-refractivity contribution >= 4 is 29.9 Å². The largest absolute Gasteiger partial charge is 0.357 e. The van der Waals surface area contributed by atoms with Crippen molar-refractivity contribution in [3.63, 3.8) is 0 Å². The highest BCUT2D eigenvalue weighted by molar-refractivity contribution is 14.0. The van der Waals surface area contributed by atoms with Crippen LogP contribution in [0, 0.1) is 5.92 Å². The predicted octanol–water partition coefficient (Wildman–Crippen LogP) is 3.45. The summed E-state index contributed by atoms with van der Waals surface area (Å²) in [5, 5.41) is 6.98. The topological polar surface area (TPSA) is 42.9 Å². The van der Waals surface area contributed by atoms with E-state index < -0.39 is 0 Å². The number of likely N-dealkylation sites (N-methyl/N-ethyl adjacent to an activating group) is 1. The lowest BCUT2D eigenvalue weighted by atomic mass is 10.1. The molecule has 1 aromatic rings. The minimum atomic E-state index is 0. The van der Waals surface area contributed by atoms with Crippen LogP contribution in [0.15, 0.2) is 35.3 Å². The van der Waals surface area contributed by atoms with Gasteiger partial charge in [-0.25, -0.2) is 0 Å². The number of piperazine rings is 1. The maximum absolute atomic E-state index is 4.86. The van der Waals surface area contributed by atoms with Crippen LogP contribution in [-0.4, -0.2) is 74.2 Å². The summed E-state index contributed by atoms with van der Waals surface area (Å²) in [4.78, 5) is 9.99. The number of aliphatic imine (C=N–C) groups is 1. The second-order valence-corrected chi connectivity index (χ2v) is 8.13. The maximum atomic E-state index is 4.86. The Balaban J connectivity index is 0.00000420. The van der Waals surface area contributed by atoms with E-state index in [0.29, 0.717) is 12.0 Å². The molecule has 1 aliphatic heterocycles. The van der Waals surface area contributed by atoms with E-state index in [-0.39, 0.29) is 24.0 Å². The third-order valence-electron chi connectivity index (χ3n) is 5.48. The van der Waals surface area contributed by atoms with Crippen LogP contribution in [0.1, 0.15) is 39.7 Å². The van der Waals surface area contributed by atoms with Gasteiger partial charge in [-0.3, -0.25) is 4.99 Å². The minimum absolute atomic E-state index is 0. The normalized spacial score (nSPS) is 18.0. The number of benzene rings is 1. The molecular formula is C23H42IN5. The quantitative estimate of drug-likeness (QED) is 0.285. The van der Waals surface area contributed by atoms with E-state index in [1.54, 1.807) is 0 Å². The number of nitrogens with zero attached hydrogens (tertiary/aromatic N) is 3. The SMILES string of the molecule is CCNC(=NCC(C)CN1CCN(CC)CC1)NC(C)CCc1ccccc1.I. The molecule has 1 saturated heterocycles. The molecule has 2 N–H and O–H groups in total. The second kappa shape index (κ2) is 15.0. The molecular weight excluding hydrogens is 473 g/mol. The van der Waals surface area contributed by atoms with E-state index in [0.717, 1.165) is 38.4 Å². The summed E-state index contributed by atoms with van der Waals surface area (Å²) in [5.74, 6) is 1.52. The molecule has 0 radical (unpaired) electrons. The smallest absolute Gasteiger partial charge is 0.191 e. The molecule has 6 heteroatoms. The van der Waals surface area contributed by atoms with Gasteiger partial charge in [-0.1, -0.05) is 44.2 Å². The summed E-state index contributed by atoms with van der Waals surface area (Å²) < 4.78 is 0. The molecule has 1 fully saturated rings. The van der Waals surface area contributed by atoms with Crippen LogP contribution in [-0.2, 0) is 6.42 Å². The van der Waals surface area contributed by atoms with Crippen molar-refractivity contribution in [3.8, 4) is 0 Å². The molecule has 0 aromatic heterocycles. The highest BCUT2D eigenvalue weighted by Gasteiger charge is 2.17. The number of guanidine groups is 1. The third-order valence-corrected chi connectivity index (χ3v) is 5.48. The van der Waals surface area contributed by atoms with Gasteiger partial charge in [-0.2, -0.15) is 0 Å². The van der Waals surface area contributed by atoms with Crippen LogP contribution in [0.2, 0.25) is 0 Å². The van der Waals surface area contributed by atoms with E-state index in [1.165, 1.54) is 38.3 Å². The molecule has 0 amide bonds. The fourth-order valence-electron chi connectivity index (χ4n) is 3.69. The molecule has 1 heterocycles. The van der Waals surface area contributed by atoms with Gasteiger partial charge >= 0.3 is 0 Å². The molecule has 1 aliphatic rings. The molecule has 2 rings (SSSR count). The molecule has 2 unspecified atom stereocenters. The number of hydrogen-bond donors (Lipinski definition) is 2. The second-order valence-electron chi connectivity index (χ2n) is 8.13. The lowest BCUT2D eigenvalue weighted by Gasteiger charge is -2.35. The fourth-order valence-corrected chi connectivity index (χ4v) is 3.69. The van der Waals surface area contributed by atoms with E-state index in [1.807, 2.05) is 0 Å². The van der Waals surface area contributed by atoms with Crippen LogP contribution >= 0.6 is 24.0 Å². The first-order chi connectivity index (χ1) is 13.6. The Morgan fingerprint density at radius 3 is 2.31 bits per heavy atom. The molecule has 5 nitrogen and oxygen atoms in total. The van der Waals surface area contributed by atoms with E-state index >= 15 is 0 Å².